The minimum Gasteiger partial charge on any atom is -0.493 e. The van der Waals surface area contributed by atoms with Crippen LogP contribution in [0.5, 0.6) is 5.75 Å². The van der Waals surface area contributed by atoms with Crippen LogP contribution in [0.1, 0.15) is 18.9 Å². The Kier molecular flexibility index (Phi) is 4.23. The lowest BCUT2D eigenvalue weighted by molar-refractivity contribution is 0.155. The highest BCUT2D eigenvalue weighted by atomic mass is 35.5. The van der Waals surface area contributed by atoms with Crippen molar-refractivity contribution >= 4 is 11.6 Å². The smallest absolute Gasteiger partial charge is 0.123 e. The van der Waals surface area contributed by atoms with E-state index in [0.717, 1.165) is 11.3 Å². The van der Waals surface area contributed by atoms with Gasteiger partial charge in [0.2, 0.25) is 0 Å². The van der Waals surface area contributed by atoms with Crippen molar-refractivity contribution in [2.75, 3.05) is 6.61 Å². The van der Waals surface area contributed by atoms with Gasteiger partial charge in [-0.15, -0.1) is 0 Å². The topological polar surface area (TPSA) is 29.5 Å². The van der Waals surface area contributed by atoms with E-state index in [1.54, 1.807) is 13.0 Å². The van der Waals surface area contributed by atoms with E-state index in [1.165, 1.54) is 0 Å². The van der Waals surface area contributed by atoms with Crippen molar-refractivity contribution in [3.05, 3.63) is 28.8 Å². The monoisotopic (exact) mass is 214 g/mol. The zero-order chi connectivity index (χ0) is 10.6. The van der Waals surface area contributed by atoms with Gasteiger partial charge in [-0.1, -0.05) is 17.7 Å². The number of hydrogen-bond donors (Lipinski definition) is 1. The van der Waals surface area contributed by atoms with E-state index in [0.29, 0.717) is 18.1 Å². The largest absolute Gasteiger partial charge is 0.493 e. The second-order valence-electron chi connectivity index (χ2n) is 3.40. The molecule has 78 valence electrons. The van der Waals surface area contributed by atoms with Crippen LogP contribution in [0.3, 0.4) is 0 Å². The van der Waals surface area contributed by atoms with E-state index in [9.17, 15) is 0 Å². The molecule has 1 aromatic carbocycles. The maximum absolute atomic E-state index is 9.05. The van der Waals surface area contributed by atoms with Crippen molar-refractivity contribution in [3.63, 3.8) is 0 Å². The van der Waals surface area contributed by atoms with E-state index in [2.05, 4.69) is 0 Å². The van der Waals surface area contributed by atoms with Gasteiger partial charge in [0.15, 0.2) is 0 Å². The first-order valence-corrected chi connectivity index (χ1v) is 5.04. The summed E-state index contributed by atoms with van der Waals surface area (Å²) in [5.74, 6) is 0.790. The zero-order valence-electron chi connectivity index (χ0n) is 8.46. The normalized spacial score (nSPS) is 12.6. The molecule has 0 aliphatic carbocycles. The minimum absolute atomic E-state index is 0.325. The van der Waals surface area contributed by atoms with Gasteiger partial charge in [0.1, 0.15) is 5.75 Å². The van der Waals surface area contributed by atoms with Crippen molar-refractivity contribution in [2.45, 2.75) is 26.4 Å². The lowest BCUT2D eigenvalue weighted by Gasteiger charge is -2.10. The van der Waals surface area contributed by atoms with Crippen LogP contribution in [0.4, 0.5) is 0 Å². The Morgan fingerprint density at radius 1 is 1.50 bits per heavy atom. The van der Waals surface area contributed by atoms with Gasteiger partial charge in [-0.25, -0.2) is 0 Å². The number of benzene rings is 1. The molecule has 0 aromatic heterocycles. The van der Waals surface area contributed by atoms with Gasteiger partial charge >= 0.3 is 0 Å². The number of rotatable bonds is 4. The molecule has 0 radical (unpaired) electrons. The van der Waals surface area contributed by atoms with Gasteiger partial charge in [0.05, 0.1) is 12.7 Å². The highest BCUT2D eigenvalue weighted by Gasteiger charge is 2.01. The predicted molar refractivity (Wildman–Crippen MR) is 58.0 cm³/mol. The van der Waals surface area contributed by atoms with E-state index in [-0.39, 0.29) is 6.10 Å². The quantitative estimate of drug-likeness (QED) is 0.835. The molecule has 1 aromatic rings. The molecule has 2 nitrogen and oxygen atoms in total. The second-order valence-corrected chi connectivity index (χ2v) is 3.83. The van der Waals surface area contributed by atoms with Gasteiger partial charge in [0.25, 0.3) is 0 Å². The molecule has 0 amide bonds. The molecule has 0 bridgehead atoms. The molecule has 0 aliphatic heterocycles. The fourth-order valence-electron chi connectivity index (χ4n) is 1.07. The molecule has 1 atom stereocenters. The Hall–Kier alpha value is -0.730. The molecule has 3 heteroatoms. The van der Waals surface area contributed by atoms with Gasteiger partial charge in [-0.3, -0.25) is 0 Å². The molecular formula is C11H15ClO2. The third-order valence-electron chi connectivity index (χ3n) is 1.94. The summed E-state index contributed by atoms with van der Waals surface area (Å²) in [7, 11) is 0. The first-order chi connectivity index (χ1) is 6.59. The van der Waals surface area contributed by atoms with Crippen molar-refractivity contribution in [1.82, 2.24) is 0 Å². The van der Waals surface area contributed by atoms with Crippen molar-refractivity contribution in [3.8, 4) is 5.75 Å². The third kappa shape index (κ3) is 3.56. The zero-order valence-corrected chi connectivity index (χ0v) is 9.21. The molecule has 1 N–H and O–H groups in total. The summed E-state index contributed by atoms with van der Waals surface area (Å²) in [5, 5.41) is 9.72. The van der Waals surface area contributed by atoms with Crippen LogP contribution in [0.15, 0.2) is 18.2 Å². The molecule has 0 fully saturated rings. The molecule has 0 saturated heterocycles. The molecule has 0 heterocycles. The SMILES string of the molecule is Cc1ccc(Cl)cc1OCCC(C)O. The standard InChI is InChI=1S/C11H15ClO2/c1-8-3-4-10(12)7-11(8)14-6-5-9(2)13/h3-4,7,9,13H,5-6H2,1-2H3. The highest BCUT2D eigenvalue weighted by molar-refractivity contribution is 6.30. The Morgan fingerprint density at radius 3 is 2.86 bits per heavy atom. The predicted octanol–water partition coefficient (Wildman–Crippen LogP) is 2.80. The van der Waals surface area contributed by atoms with Crippen LogP contribution in [0, 0.1) is 6.92 Å². The van der Waals surface area contributed by atoms with E-state index < -0.39 is 0 Å². The third-order valence-corrected chi connectivity index (χ3v) is 2.18. The molecule has 1 rings (SSSR count). The number of hydrogen-bond acceptors (Lipinski definition) is 2. The fourth-order valence-corrected chi connectivity index (χ4v) is 1.23. The Bertz CT molecular complexity index is 297. The number of halogens is 1. The minimum atomic E-state index is -0.325. The van der Waals surface area contributed by atoms with Crippen LogP contribution in [0.25, 0.3) is 0 Å². The van der Waals surface area contributed by atoms with Crippen molar-refractivity contribution in [2.24, 2.45) is 0 Å². The number of aliphatic hydroxyl groups excluding tert-OH is 1. The summed E-state index contributed by atoms with van der Waals surface area (Å²) in [5.41, 5.74) is 1.06. The first-order valence-electron chi connectivity index (χ1n) is 4.66. The van der Waals surface area contributed by atoms with Gasteiger partial charge < -0.3 is 9.84 Å². The van der Waals surface area contributed by atoms with Crippen LogP contribution in [-0.2, 0) is 0 Å². The van der Waals surface area contributed by atoms with E-state index >= 15 is 0 Å². The molecule has 0 saturated carbocycles. The maximum Gasteiger partial charge on any atom is 0.123 e. The summed E-state index contributed by atoms with van der Waals surface area (Å²) >= 11 is 5.83. The number of ether oxygens (including phenoxy) is 1. The Balaban J connectivity index is 2.53. The maximum atomic E-state index is 9.05. The summed E-state index contributed by atoms with van der Waals surface area (Å²) < 4.78 is 5.48. The first kappa shape index (κ1) is 11.3. The summed E-state index contributed by atoms with van der Waals surface area (Å²) in [6.45, 7) is 4.22. The second kappa shape index (κ2) is 5.23. The fraction of sp³-hybridized carbons (Fsp3) is 0.455. The molecular weight excluding hydrogens is 200 g/mol. The number of aliphatic hydroxyl groups is 1. The Morgan fingerprint density at radius 2 is 2.21 bits per heavy atom. The average Bonchev–Trinajstić information content (AvgIpc) is 2.10. The summed E-state index contributed by atoms with van der Waals surface area (Å²) in [4.78, 5) is 0. The lowest BCUT2D eigenvalue weighted by atomic mass is 10.2. The van der Waals surface area contributed by atoms with Crippen molar-refractivity contribution < 1.29 is 9.84 Å². The average molecular weight is 215 g/mol. The highest BCUT2D eigenvalue weighted by Crippen LogP contribution is 2.22. The lowest BCUT2D eigenvalue weighted by Crippen LogP contribution is -2.07. The van der Waals surface area contributed by atoms with Crippen LogP contribution >= 0.6 is 11.6 Å². The molecule has 0 aliphatic rings. The Labute approximate surface area is 89.5 Å². The van der Waals surface area contributed by atoms with E-state index in [1.807, 2.05) is 19.1 Å². The molecule has 1 unspecified atom stereocenters. The van der Waals surface area contributed by atoms with Gasteiger partial charge in [-0.2, -0.15) is 0 Å². The van der Waals surface area contributed by atoms with Crippen LogP contribution in [0.2, 0.25) is 5.02 Å². The van der Waals surface area contributed by atoms with E-state index in [4.69, 9.17) is 21.4 Å². The molecule has 14 heavy (non-hydrogen) atoms. The number of aryl methyl sites for hydroxylation is 1. The summed E-state index contributed by atoms with van der Waals surface area (Å²) in [6.07, 6.45) is 0.306. The van der Waals surface area contributed by atoms with Gasteiger partial charge in [-0.05, 0) is 31.5 Å². The van der Waals surface area contributed by atoms with Crippen LogP contribution < -0.4 is 4.74 Å². The molecule has 0 spiro atoms. The van der Waals surface area contributed by atoms with Crippen LogP contribution in [-0.4, -0.2) is 17.8 Å². The summed E-state index contributed by atoms with van der Waals surface area (Å²) in [6, 6.07) is 5.54. The van der Waals surface area contributed by atoms with Crippen molar-refractivity contribution in [1.29, 1.82) is 0 Å². The van der Waals surface area contributed by atoms with Gasteiger partial charge in [0, 0.05) is 11.4 Å².